The summed E-state index contributed by atoms with van der Waals surface area (Å²) in [5, 5.41) is 23.7. The Bertz CT molecular complexity index is 1410. The highest BCUT2D eigenvalue weighted by molar-refractivity contribution is 6.32. The largest absolute Gasteiger partial charge is 0.394 e. The first-order valence-electron chi connectivity index (χ1n) is 9.71. The standard InChI is InChI=1S/C20H17ClN6O4/c1-10(7-28)27-16-12(6-22)13(21)2-3-14(16)26-9-23-15(17(26)20(27)29)18-24-19(31-25-18)11-4-5-30-8-11/h2-3,9-11,28H,4-5,7-8H2,1H3. The van der Waals surface area contributed by atoms with E-state index in [4.69, 9.17) is 20.9 Å². The summed E-state index contributed by atoms with van der Waals surface area (Å²) in [6.07, 6.45) is 2.26. The molecule has 1 fully saturated rings. The summed E-state index contributed by atoms with van der Waals surface area (Å²) in [6, 6.07) is 4.75. The third kappa shape index (κ3) is 2.93. The Kier molecular flexibility index (Phi) is 4.74. The number of aromatic nitrogens is 5. The number of hydrogen-bond donors (Lipinski definition) is 1. The van der Waals surface area contributed by atoms with Crippen LogP contribution >= 0.6 is 11.6 Å². The molecular formula is C20H17ClN6O4. The Morgan fingerprint density at radius 1 is 1.42 bits per heavy atom. The highest BCUT2D eigenvalue weighted by Crippen LogP contribution is 2.30. The Balaban J connectivity index is 1.82. The van der Waals surface area contributed by atoms with Gasteiger partial charge in [-0.1, -0.05) is 16.8 Å². The average Bonchev–Trinajstić information content (AvgIpc) is 3.53. The molecule has 4 aromatic rings. The van der Waals surface area contributed by atoms with Gasteiger partial charge in [0.2, 0.25) is 11.7 Å². The van der Waals surface area contributed by atoms with E-state index in [1.54, 1.807) is 23.5 Å². The van der Waals surface area contributed by atoms with Crippen LogP contribution in [-0.4, -0.2) is 49.0 Å². The van der Waals surface area contributed by atoms with Crippen molar-refractivity contribution in [3.63, 3.8) is 0 Å². The molecule has 158 valence electrons. The van der Waals surface area contributed by atoms with Crippen LogP contribution < -0.4 is 5.56 Å². The number of nitrogens with zero attached hydrogens (tertiary/aromatic N) is 6. The number of rotatable bonds is 4. The summed E-state index contributed by atoms with van der Waals surface area (Å²) in [5.74, 6) is 0.651. The number of benzene rings is 1. The molecule has 5 rings (SSSR count). The molecule has 2 atom stereocenters. The van der Waals surface area contributed by atoms with E-state index < -0.39 is 11.6 Å². The molecule has 0 spiro atoms. The summed E-state index contributed by atoms with van der Waals surface area (Å²) >= 11 is 6.22. The van der Waals surface area contributed by atoms with Crippen molar-refractivity contribution in [1.82, 2.24) is 24.1 Å². The van der Waals surface area contributed by atoms with Crippen LogP contribution in [0.3, 0.4) is 0 Å². The summed E-state index contributed by atoms with van der Waals surface area (Å²) < 4.78 is 13.7. The molecular weight excluding hydrogens is 424 g/mol. The van der Waals surface area contributed by atoms with Gasteiger partial charge in [-0.05, 0) is 25.5 Å². The van der Waals surface area contributed by atoms with Gasteiger partial charge in [-0.3, -0.25) is 13.8 Å². The molecule has 1 aliphatic heterocycles. The summed E-state index contributed by atoms with van der Waals surface area (Å²) in [7, 11) is 0. The maximum absolute atomic E-state index is 13.6. The van der Waals surface area contributed by atoms with Crippen LogP contribution in [0.1, 0.15) is 36.8 Å². The van der Waals surface area contributed by atoms with E-state index in [-0.39, 0.29) is 40.1 Å². The number of imidazole rings is 1. The van der Waals surface area contributed by atoms with Crippen molar-refractivity contribution in [1.29, 1.82) is 5.26 Å². The second-order valence-electron chi connectivity index (χ2n) is 7.44. The SMILES string of the molecule is CC(CO)n1c(=O)c2c(-c3noc(C4CCOC4)n3)ncn2c2ccc(Cl)c(C#N)c21. The lowest BCUT2D eigenvalue weighted by atomic mass is 10.1. The van der Waals surface area contributed by atoms with Gasteiger partial charge in [0, 0.05) is 6.61 Å². The van der Waals surface area contributed by atoms with Crippen molar-refractivity contribution in [3.05, 3.63) is 45.3 Å². The van der Waals surface area contributed by atoms with Crippen molar-refractivity contribution < 1.29 is 14.4 Å². The van der Waals surface area contributed by atoms with Gasteiger partial charge >= 0.3 is 0 Å². The van der Waals surface area contributed by atoms with Gasteiger partial charge in [0.1, 0.15) is 23.6 Å². The molecule has 11 heteroatoms. The zero-order valence-corrected chi connectivity index (χ0v) is 17.2. The lowest BCUT2D eigenvalue weighted by Gasteiger charge is -2.18. The first-order chi connectivity index (χ1) is 15.0. The first-order valence-corrected chi connectivity index (χ1v) is 10.1. The van der Waals surface area contributed by atoms with Crippen LogP contribution in [0.25, 0.3) is 28.1 Å². The topological polar surface area (TPSA) is 131 Å². The molecule has 1 aromatic carbocycles. The van der Waals surface area contributed by atoms with E-state index >= 15 is 0 Å². The molecule has 0 saturated carbocycles. The predicted octanol–water partition coefficient (Wildman–Crippen LogP) is 2.28. The second-order valence-corrected chi connectivity index (χ2v) is 7.84. The van der Waals surface area contributed by atoms with Crippen molar-refractivity contribution in [2.24, 2.45) is 0 Å². The van der Waals surface area contributed by atoms with Crippen LogP contribution in [0.15, 0.2) is 27.8 Å². The summed E-state index contributed by atoms with van der Waals surface area (Å²) in [5.41, 5.74) is 1.05. The van der Waals surface area contributed by atoms with Gasteiger partial charge in [0.15, 0.2) is 0 Å². The number of ether oxygens (including phenoxy) is 1. The van der Waals surface area contributed by atoms with Crippen molar-refractivity contribution in [2.45, 2.75) is 25.3 Å². The Morgan fingerprint density at radius 2 is 2.26 bits per heavy atom. The van der Waals surface area contributed by atoms with E-state index in [1.807, 2.05) is 0 Å². The van der Waals surface area contributed by atoms with Gasteiger partial charge in [-0.15, -0.1) is 0 Å². The van der Waals surface area contributed by atoms with Gasteiger partial charge in [0.25, 0.3) is 5.56 Å². The van der Waals surface area contributed by atoms with Crippen molar-refractivity contribution >= 4 is 28.2 Å². The smallest absolute Gasteiger partial charge is 0.278 e. The molecule has 1 N–H and O–H groups in total. The lowest BCUT2D eigenvalue weighted by molar-refractivity contribution is 0.189. The monoisotopic (exact) mass is 440 g/mol. The fraction of sp³-hybridized carbons (Fsp3) is 0.350. The molecule has 10 nitrogen and oxygen atoms in total. The van der Waals surface area contributed by atoms with Gasteiger partial charge in [0.05, 0.1) is 46.8 Å². The molecule has 0 aliphatic carbocycles. The predicted molar refractivity (Wildman–Crippen MR) is 110 cm³/mol. The van der Waals surface area contributed by atoms with Crippen LogP contribution in [0.4, 0.5) is 0 Å². The number of halogens is 1. The Hall–Kier alpha value is -3.26. The minimum Gasteiger partial charge on any atom is -0.394 e. The Labute approximate surface area is 180 Å². The minimum absolute atomic E-state index is 0.0161. The van der Waals surface area contributed by atoms with E-state index in [2.05, 4.69) is 21.2 Å². The van der Waals surface area contributed by atoms with E-state index in [0.29, 0.717) is 30.1 Å². The van der Waals surface area contributed by atoms with Crippen LogP contribution in [-0.2, 0) is 4.74 Å². The molecule has 4 heterocycles. The van der Waals surface area contributed by atoms with Crippen LogP contribution in [0.2, 0.25) is 5.02 Å². The van der Waals surface area contributed by atoms with Crippen LogP contribution in [0.5, 0.6) is 0 Å². The fourth-order valence-corrected chi connectivity index (χ4v) is 4.14. The zero-order valence-electron chi connectivity index (χ0n) is 16.4. The number of nitriles is 1. The highest BCUT2D eigenvalue weighted by atomic mass is 35.5. The number of hydrogen-bond acceptors (Lipinski definition) is 8. The Morgan fingerprint density at radius 3 is 2.97 bits per heavy atom. The molecule has 0 amide bonds. The number of aliphatic hydroxyl groups is 1. The minimum atomic E-state index is -0.607. The zero-order chi connectivity index (χ0) is 21.7. The van der Waals surface area contributed by atoms with E-state index in [0.717, 1.165) is 6.42 Å². The second kappa shape index (κ2) is 7.46. The normalized spacial score (nSPS) is 17.4. The molecule has 0 radical (unpaired) electrons. The molecule has 1 saturated heterocycles. The van der Waals surface area contributed by atoms with Crippen LogP contribution in [0, 0.1) is 11.3 Å². The molecule has 3 aromatic heterocycles. The maximum Gasteiger partial charge on any atom is 0.278 e. The number of fused-ring (bicyclic) bond motifs is 3. The lowest BCUT2D eigenvalue weighted by Crippen LogP contribution is -2.28. The third-order valence-corrected chi connectivity index (χ3v) is 5.86. The number of aliphatic hydroxyl groups excluding tert-OH is 1. The average molecular weight is 441 g/mol. The maximum atomic E-state index is 13.6. The van der Waals surface area contributed by atoms with Gasteiger partial charge in [-0.25, -0.2) is 4.98 Å². The van der Waals surface area contributed by atoms with E-state index in [9.17, 15) is 15.2 Å². The van der Waals surface area contributed by atoms with Crippen molar-refractivity contribution in [2.75, 3.05) is 19.8 Å². The molecule has 1 aliphatic rings. The fourth-order valence-electron chi connectivity index (χ4n) is 3.94. The highest BCUT2D eigenvalue weighted by Gasteiger charge is 2.27. The molecule has 31 heavy (non-hydrogen) atoms. The van der Waals surface area contributed by atoms with E-state index in [1.165, 1.54) is 10.9 Å². The molecule has 2 unspecified atom stereocenters. The summed E-state index contributed by atoms with van der Waals surface area (Å²) in [4.78, 5) is 22.4. The van der Waals surface area contributed by atoms with Gasteiger partial charge < -0.3 is 14.4 Å². The third-order valence-electron chi connectivity index (χ3n) is 5.54. The molecule has 0 bridgehead atoms. The summed E-state index contributed by atoms with van der Waals surface area (Å²) in [6.45, 7) is 2.52. The first kappa shape index (κ1) is 19.7. The quantitative estimate of drug-likeness (QED) is 0.511. The van der Waals surface area contributed by atoms with Crippen molar-refractivity contribution in [3.8, 4) is 17.6 Å². The van der Waals surface area contributed by atoms with Gasteiger partial charge in [-0.2, -0.15) is 10.2 Å².